The number of carboxylic acids is 1. The Hall–Kier alpha value is -1.14. The zero-order valence-corrected chi connectivity index (χ0v) is 7.15. The third-order valence-corrected chi connectivity index (χ3v) is 1.11. The minimum atomic E-state index is -1.02. The van der Waals surface area contributed by atoms with Gasteiger partial charge in [0.1, 0.15) is 0 Å². The molecule has 0 aromatic heterocycles. The highest BCUT2D eigenvalue weighted by atomic mass is 16.5. The van der Waals surface area contributed by atoms with E-state index in [0.717, 1.165) is 0 Å². The molecule has 0 aromatic rings. The molecule has 0 aliphatic rings. The summed E-state index contributed by atoms with van der Waals surface area (Å²) in [6.45, 7) is -0.271. The van der Waals surface area contributed by atoms with Crippen LogP contribution >= 0.6 is 0 Å². The van der Waals surface area contributed by atoms with E-state index in [1.165, 1.54) is 0 Å². The Bertz CT molecular complexity index is 170. The molecule has 0 aliphatic carbocycles. The minimum Gasteiger partial charge on any atom is -0.480 e. The highest BCUT2D eigenvalue weighted by Crippen LogP contribution is 1.81. The van der Waals surface area contributed by atoms with Crippen molar-refractivity contribution in [2.24, 2.45) is 0 Å². The van der Waals surface area contributed by atoms with Crippen LogP contribution in [0.5, 0.6) is 0 Å². The molecule has 6 nitrogen and oxygen atoms in total. The van der Waals surface area contributed by atoms with E-state index >= 15 is 0 Å². The molecular formula is C7H13NO5. The van der Waals surface area contributed by atoms with Crippen LogP contribution in [0.1, 0.15) is 6.42 Å². The Morgan fingerprint density at radius 3 is 2.54 bits per heavy atom. The summed E-state index contributed by atoms with van der Waals surface area (Å²) in [6.07, 6.45) is 0.394. The molecule has 0 unspecified atom stereocenters. The lowest BCUT2D eigenvalue weighted by molar-refractivity contribution is -0.143. The number of aliphatic carboxylic acids is 1. The van der Waals surface area contributed by atoms with Gasteiger partial charge in [0.15, 0.2) is 0 Å². The second-order valence-corrected chi connectivity index (χ2v) is 2.29. The van der Waals surface area contributed by atoms with E-state index < -0.39 is 11.9 Å². The SMILES string of the molecule is O=C(O)CNCC(=O)OCCCO. The van der Waals surface area contributed by atoms with Gasteiger partial charge >= 0.3 is 11.9 Å². The summed E-state index contributed by atoms with van der Waals surface area (Å²) in [5.41, 5.74) is 0. The van der Waals surface area contributed by atoms with Gasteiger partial charge in [-0.15, -0.1) is 0 Å². The van der Waals surface area contributed by atoms with Crippen LogP contribution < -0.4 is 5.32 Å². The van der Waals surface area contributed by atoms with E-state index in [4.69, 9.17) is 10.2 Å². The topological polar surface area (TPSA) is 95.9 Å². The molecule has 0 atom stereocenters. The molecule has 0 saturated carbocycles. The fraction of sp³-hybridized carbons (Fsp3) is 0.714. The summed E-state index contributed by atoms with van der Waals surface area (Å²) >= 11 is 0. The fourth-order valence-corrected chi connectivity index (χ4v) is 0.573. The second-order valence-electron chi connectivity index (χ2n) is 2.29. The predicted molar refractivity (Wildman–Crippen MR) is 43.2 cm³/mol. The molecule has 3 N–H and O–H groups in total. The smallest absolute Gasteiger partial charge is 0.319 e. The molecule has 76 valence electrons. The molecule has 0 aromatic carbocycles. The summed E-state index contributed by atoms with van der Waals surface area (Å²) in [5.74, 6) is -1.54. The van der Waals surface area contributed by atoms with Gasteiger partial charge in [0, 0.05) is 13.0 Å². The van der Waals surface area contributed by atoms with Crippen LogP contribution in [0.15, 0.2) is 0 Å². The Labute approximate surface area is 75.5 Å². The van der Waals surface area contributed by atoms with Crippen molar-refractivity contribution in [2.45, 2.75) is 6.42 Å². The average Bonchev–Trinajstić information content (AvgIpc) is 2.04. The normalized spacial score (nSPS) is 9.62. The molecule has 0 radical (unpaired) electrons. The van der Waals surface area contributed by atoms with E-state index in [1.807, 2.05) is 0 Å². The number of hydrogen-bond donors (Lipinski definition) is 3. The van der Waals surface area contributed by atoms with Crippen molar-refractivity contribution in [1.82, 2.24) is 5.32 Å². The molecule has 0 heterocycles. The molecule has 0 aliphatic heterocycles. The lowest BCUT2D eigenvalue weighted by Crippen LogP contribution is -2.29. The van der Waals surface area contributed by atoms with Crippen LogP contribution in [0.25, 0.3) is 0 Å². The van der Waals surface area contributed by atoms with Crippen molar-refractivity contribution >= 4 is 11.9 Å². The van der Waals surface area contributed by atoms with Gasteiger partial charge in [-0.05, 0) is 0 Å². The monoisotopic (exact) mass is 191 g/mol. The Morgan fingerprint density at radius 1 is 1.31 bits per heavy atom. The lowest BCUT2D eigenvalue weighted by atomic mass is 10.5. The van der Waals surface area contributed by atoms with E-state index in [2.05, 4.69) is 10.1 Å². The van der Waals surface area contributed by atoms with Crippen LogP contribution in [-0.4, -0.2) is 48.5 Å². The van der Waals surface area contributed by atoms with Crippen LogP contribution in [-0.2, 0) is 14.3 Å². The zero-order chi connectivity index (χ0) is 10.1. The summed E-state index contributed by atoms with van der Waals surface area (Å²) in [5, 5.41) is 18.9. The van der Waals surface area contributed by atoms with Crippen LogP contribution in [0.2, 0.25) is 0 Å². The lowest BCUT2D eigenvalue weighted by Gasteiger charge is -2.03. The molecule has 0 saturated heterocycles. The number of nitrogens with one attached hydrogen (secondary N) is 1. The van der Waals surface area contributed by atoms with Gasteiger partial charge < -0.3 is 14.9 Å². The van der Waals surface area contributed by atoms with Gasteiger partial charge in [0.05, 0.1) is 19.7 Å². The summed E-state index contributed by atoms with van der Waals surface area (Å²) in [6, 6.07) is 0. The highest BCUT2D eigenvalue weighted by Gasteiger charge is 2.02. The Morgan fingerprint density at radius 2 is 2.00 bits per heavy atom. The largest absolute Gasteiger partial charge is 0.480 e. The molecule has 13 heavy (non-hydrogen) atoms. The maximum absolute atomic E-state index is 10.7. The van der Waals surface area contributed by atoms with Gasteiger partial charge in [0.2, 0.25) is 0 Å². The van der Waals surface area contributed by atoms with Gasteiger partial charge in [-0.1, -0.05) is 0 Å². The second kappa shape index (κ2) is 7.51. The quantitative estimate of drug-likeness (QED) is 0.338. The number of carboxylic acid groups (broad SMARTS) is 1. The molecule has 0 amide bonds. The fourth-order valence-electron chi connectivity index (χ4n) is 0.573. The number of esters is 1. The Balaban J connectivity index is 3.25. The molecule has 0 bridgehead atoms. The summed E-state index contributed by atoms with van der Waals surface area (Å²) in [4.78, 5) is 20.7. The van der Waals surface area contributed by atoms with Crippen molar-refractivity contribution in [2.75, 3.05) is 26.3 Å². The number of aliphatic hydroxyl groups excluding tert-OH is 1. The van der Waals surface area contributed by atoms with Gasteiger partial charge in [-0.2, -0.15) is 0 Å². The molecular weight excluding hydrogens is 178 g/mol. The number of carbonyl (C=O) groups is 2. The average molecular weight is 191 g/mol. The van der Waals surface area contributed by atoms with E-state index in [-0.39, 0.29) is 26.3 Å². The number of rotatable bonds is 7. The van der Waals surface area contributed by atoms with Crippen molar-refractivity contribution < 1.29 is 24.5 Å². The van der Waals surface area contributed by atoms with Gasteiger partial charge in [-0.25, -0.2) is 0 Å². The van der Waals surface area contributed by atoms with E-state index in [9.17, 15) is 9.59 Å². The summed E-state index contributed by atoms with van der Waals surface area (Å²) < 4.78 is 4.61. The van der Waals surface area contributed by atoms with Gasteiger partial charge in [-0.3, -0.25) is 14.9 Å². The standard InChI is InChI=1S/C7H13NO5/c9-2-1-3-13-7(12)5-8-4-6(10)11/h8-9H,1-5H2,(H,10,11). The minimum absolute atomic E-state index is 0.0319. The first-order valence-electron chi connectivity index (χ1n) is 3.86. The first-order valence-corrected chi connectivity index (χ1v) is 3.86. The first-order chi connectivity index (χ1) is 6.16. The molecule has 0 fully saturated rings. The van der Waals surface area contributed by atoms with Crippen LogP contribution in [0.3, 0.4) is 0 Å². The number of hydrogen-bond acceptors (Lipinski definition) is 5. The molecule has 6 heteroatoms. The maximum Gasteiger partial charge on any atom is 0.319 e. The van der Waals surface area contributed by atoms with Crippen LogP contribution in [0, 0.1) is 0 Å². The van der Waals surface area contributed by atoms with Crippen molar-refractivity contribution in [3.63, 3.8) is 0 Å². The molecule has 0 spiro atoms. The third-order valence-electron chi connectivity index (χ3n) is 1.11. The van der Waals surface area contributed by atoms with Crippen molar-refractivity contribution in [1.29, 1.82) is 0 Å². The molecule has 0 rings (SSSR count). The van der Waals surface area contributed by atoms with Crippen molar-refractivity contribution in [3.05, 3.63) is 0 Å². The number of aliphatic hydroxyl groups is 1. The Kier molecular flexibility index (Phi) is 6.85. The summed E-state index contributed by atoms with van der Waals surface area (Å²) in [7, 11) is 0. The highest BCUT2D eigenvalue weighted by molar-refractivity contribution is 5.73. The third kappa shape index (κ3) is 8.77. The maximum atomic E-state index is 10.7. The number of carbonyl (C=O) groups excluding carboxylic acids is 1. The zero-order valence-electron chi connectivity index (χ0n) is 7.15. The van der Waals surface area contributed by atoms with E-state index in [0.29, 0.717) is 6.42 Å². The first kappa shape index (κ1) is 11.9. The van der Waals surface area contributed by atoms with E-state index in [1.54, 1.807) is 0 Å². The van der Waals surface area contributed by atoms with Crippen molar-refractivity contribution in [3.8, 4) is 0 Å². The van der Waals surface area contributed by atoms with Gasteiger partial charge in [0.25, 0.3) is 0 Å². The van der Waals surface area contributed by atoms with Crippen LogP contribution in [0.4, 0.5) is 0 Å². The predicted octanol–water partition coefficient (Wildman–Crippen LogP) is -1.41. The number of ether oxygens (including phenoxy) is 1.